The van der Waals surface area contributed by atoms with Gasteiger partial charge in [-0.2, -0.15) is 0 Å². The Hall–Kier alpha value is -1.68. The van der Waals surface area contributed by atoms with Gasteiger partial charge in [0, 0.05) is 24.5 Å². The molecular weight excluding hydrogens is 260 g/mol. The zero-order valence-electron chi connectivity index (χ0n) is 12.3. The molecular formula is C17H22N4. The Labute approximate surface area is 125 Å². The van der Waals surface area contributed by atoms with Crippen molar-refractivity contribution in [2.75, 3.05) is 24.5 Å². The van der Waals surface area contributed by atoms with Crippen LogP contribution in [-0.2, 0) is 0 Å². The Morgan fingerprint density at radius 3 is 2.81 bits per heavy atom. The van der Waals surface area contributed by atoms with Crippen molar-refractivity contribution in [3.8, 4) is 0 Å². The number of aromatic nitrogens is 2. The van der Waals surface area contributed by atoms with Crippen molar-refractivity contribution in [2.45, 2.75) is 31.7 Å². The lowest BCUT2D eigenvalue weighted by Gasteiger charge is -2.27. The second-order valence-corrected chi connectivity index (χ2v) is 6.36. The molecule has 1 aromatic heterocycles. The molecule has 2 fully saturated rings. The average molecular weight is 282 g/mol. The van der Waals surface area contributed by atoms with Crippen LogP contribution in [0.5, 0.6) is 0 Å². The van der Waals surface area contributed by atoms with Crippen molar-refractivity contribution in [1.29, 1.82) is 0 Å². The third kappa shape index (κ3) is 2.86. The van der Waals surface area contributed by atoms with Gasteiger partial charge in [0.25, 0.3) is 0 Å². The topological polar surface area (TPSA) is 41.0 Å². The fourth-order valence-corrected chi connectivity index (χ4v) is 3.28. The lowest BCUT2D eigenvalue weighted by Crippen LogP contribution is -2.39. The molecule has 1 atom stereocenters. The minimum absolute atomic E-state index is 0.609. The second kappa shape index (κ2) is 5.60. The number of hydrogen-bond acceptors (Lipinski definition) is 4. The Morgan fingerprint density at radius 2 is 2.00 bits per heavy atom. The van der Waals surface area contributed by atoms with Crippen molar-refractivity contribution < 1.29 is 0 Å². The lowest BCUT2D eigenvalue weighted by atomic mass is 10.1. The molecule has 2 heterocycles. The normalized spacial score (nSPS) is 21.8. The van der Waals surface area contributed by atoms with Crippen LogP contribution in [0.4, 0.5) is 5.82 Å². The molecule has 21 heavy (non-hydrogen) atoms. The minimum Gasteiger partial charge on any atom is -0.354 e. The van der Waals surface area contributed by atoms with Crippen LogP contribution in [0, 0.1) is 5.92 Å². The monoisotopic (exact) mass is 282 g/mol. The number of nitrogens with zero attached hydrogens (tertiary/aromatic N) is 3. The van der Waals surface area contributed by atoms with E-state index in [2.05, 4.69) is 38.4 Å². The Kier molecular flexibility index (Phi) is 3.47. The van der Waals surface area contributed by atoms with Crippen molar-refractivity contribution in [2.24, 2.45) is 5.92 Å². The van der Waals surface area contributed by atoms with Crippen molar-refractivity contribution in [1.82, 2.24) is 15.3 Å². The third-order valence-electron chi connectivity index (χ3n) is 4.60. The fraction of sp³-hybridized carbons (Fsp3) is 0.529. The summed E-state index contributed by atoms with van der Waals surface area (Å²) in [6.07, 6.45) is 7.03. The van der Waals surface area contributed by atoms with Gasteiger partial charge in [-0.3, -0.25) is 0 Å². The summed E-state index contributed by atoms with van der Waals surface area (Å²) >= 11 is 0. The Morgan fingerprint density at radius 1 is 1.10 bits per heavy atom. The third-order valence-corrected chi connectivity index (χ3v) is 4.60. The molecule has 1 saturated heterocycles. The number of hydrogen-bond donors (Lipinski definition) is 1. The van der Waals surface area contributed by atoms with Crippen LogP contribution in [0.15, 0.2) is 30.6 Å². The smallest absolute Gasteiger partial charge is 0.139 e. The SMILES string of the molecule is c1ccc2c(N(CC3CC3)CC3CCCN3)ncnc2c1. The molecule has 4 rings (SSSR count). The quantitative estimate of drug-likeness (QED) is 0.915. The summed E-state index contributed by atoms with van der Waals surface area (Å²) in [5.74, 6) is 1.97. The van der Waals surface area contributed by atoms with Crippen LogP contribution < -0.4 is 10.2 Å². The Bertz CT molecular complexity index is 612. The molecule has 110 valence electrons. The van der Waals surface area contributed by atoms with E-state index in [0.29, 0.717) is 6.04 Å². The van der Waals surface area contributed by atoms with E-state index < -0.39 is 0 Å². The molecule has 0 spiro atoms. The molecule has 1 aliphatic carbocycles. The summed E-state index contributed by atoms with van der Waals surface area (Å²) in [4.78, 5) is 11.5. The van der Waals surface area contributed by atoms with Crippen molar-refractivity contribution >= 4 is 16.7 Å². The number of fused-ring (bicyclic) bond motifs is 1. The van der Waals surface area contributed by atoms with Crippen molar-refractivity contribution in [3.63, 3.8) is 0 Å². The van der Waals surface area contributed by atoms with E-state index in [0.717, 1.165) is 36.9 Å². The summed E-state index contributed by atoms with van der Waals surface area (Å²) in [6.45, 7) is 3.36. The summed E-state index contributed by atoms with van der Waals surface area (Å²) in [5.41, 5.74) is 1.04. The Balaban J connectivity index is 1.66. The highest BCUT2D eigenvalue weighted by Crippen LogP contribution is 2.33. The number of benzene rings is 1. The van der Waals surface area contributed by atoms with E-state index in [4.69, 9.17) is 0 Å². The zero-order chi connectivity index (χ0) is 14.1. The van der Waals surface area contributed by atoms with Crippen LogP contribution in [0.25, 0.3) is 10.9 Å². The molecule has 0 radical (unpaired) electrons. The van der Waals surface area contributed by atoms with Gasteiger partial charge in [-0.1, -0.05) is 12.1 Å². The molecule has 0 amide bonds. The fourth-order valence-electron chi connectivity index (χ4n) is 3.28. The van der Waals surface area contributed by atoms with E-state index in [1.54, 1.807) is 6.33 Å². The first-order valence-corrected chi connectivity index (χ1v) is 8.08. The zero-order valence-corrected chi connectivity index (χ0v) is 12.3. The summed E-state index contributed by atoms with van der Waals surface area (Å²) < 4.78 is 0. The van der Waals surface area contributed by atoms with Crippen LogP contribution in [-0.4, -0.2) is 35.6 Å². The van der Waals surface area contributed by atoms with Gasteiger partial charge in [-0.05, 0) is 50.3 Å². The molecule has 1 saturated carbocycles. The average Bonchev–Trinajstić information content (AvgIpc) is 3.19. The van der Waals surface area contributed by atoms with Crippen molar-refractivity contribution in [3.05, 3.63) is 30.6 Å². The van der Waals surface area contributed by atoms with Gasteiger partial charge in [0.05, 0.1) is 5.52 Å². The first kappa shape index (κ1) is 13.0. The van der Waals surface area contributed by atoms with Gasteiger partial charge in [0.2, 0.25) is 0 Å². The molecule has 1 N–H and O–H groups in total. The van der Waals surface area contributed by atoms with Gasteiger partial charge < -0.3 is 10.2 Å². The standard InChI is InChI=1S/C17H22N4/c1-2-6-16-15(5-1)17(20-12-19-16)21(10-13-7-8-13)11-14-4-3-9-18-14/h1-2,5-6,12-14,18H,3-4,7-11H2. The van der Waals surface area contributed by atoms with E-state index in [1.807, 2.05) is 6.07 Å². The van der Waals surface area contributed by atoms with Crippen LogP contribution in [0.2, 0.25) is 0 Å². The van der Waals surface area contributed by atoms with Crippen LogP contribution >= 0.6 is 0 Å². The molecule has 4 heteroatoms. The van der Waals surface area contributed by atoms with Crippen LogP contribution in [0.1, 0.15) is 25.7 Å². The van der Waals surface area contributed by atoms with Gasteiger partial charge in [-0.15, -0.1) is 0 Å². The van der Waals surface area contributed by atoms with Gasteiger partial charge >= 0.3 is 0 Å². The van der Waals surface area contributed by atoms with E-state index in [9.17, 15) is 0 Å². The highest BCUT2D eigenvalue weighted by Gasteiger charge is 2.28. The molecule has 1 aromatic carbocycles. The predicted molar refractivity (Wildman–Crippen MR) is 85.5 cm³/mol. The highest BCUT2D eigenvalue weighted by atomic mass is 15.2. The van der Waals surface area contributed by atoms with Gasteiger partial charge in [-0.25, -0.2) is 9.97 Å². The minimum atomic E-state index is 0.609. The molecule has 1 unspecified atom stereocenters. The summed E-state index contributed by atoms with van der Waals surface area (Å²) in [5, 5.41) is 4.79. The molecule has 4 nitrogen and oxygen atoms in total. The maximum Gasteiger partial charge on any atom is 0.139 e. The molecule has 2 aromatic rings. The second-order valence-electron chi connectivity index (χ2n) is 6.36. The summed E-state index contributed by atoms with van der Waals surface area (Å²) in [7, 11) is 0. The molecule has 0 bridgehead atoms. The maximum atomic E-state index is 4.62. The lowest BCUT2D eigenvalue weighted by molar-refractivity contribution is 0.568. The number of nitrogens with one attached hydrogen (secondary N) is 1. The number of anilines is 1. The van der Waals surface area contributed by atoms with E-state index in [1.165, 1.54) is 31.1 Å². The predicted octanol–water partition coefficient (Wildman–Crippen LogP) is 2.60. The molecule has 2 aliphatic rings. The van der Waals surface area contributed by atoms with E-state index in [-0.39, 0.29) is 0 Å². The first-order valence-electron chi connectivity index (χ1n) is 8.08. The largest absolute Gasteiger partial charge is 0.354 e. The number of rotatable bonds is 5. The van der Waals surface area contributed by atoms with Crippen LogP contribution in [0.3, 0.4) is 0 Å². The first-order chi connectivity index (χ1) is 10.4. The maximum absolute atomic E-state index is 4.62. The van der Waals surface area contributed by atoms with Gasteiger partial charge in [0.15, 0.2) is 0 Å². The number of para-hydroxylation sites is 1. The molecule has 1 aliphatic heterocycles. The summed E-state index contributed by atoms with van der Waals surface area (Å²) in [6, 6.07) is 8.95. The van der Waals surface area contributed by atoms with Gasteiger partial charge in [0.1, 0.15) is 12.1 Å². The van der Waals surface area contributed by atoms with E-state index >= 15 is 0 Å². The highest BCUT2D eigenvalue weighted by molar-refractivity contribution is 5.89.